The molecule has 0 bridgehead atoms. The largest absolute Gasteiger partial charge is 0.489 e. The second-order valence-corrected chi connectivity index (χ2v) is 11.1. The van der Waals surface area contributed by atoms with Crippen LogP contribution in [0.5, 0.6) is 11.6 Å². The molecule has 1 atom stereocenters. The van der Waals surface area contributed by atoms with E-state index < -0.39 is 23.4 Å². The van der Waals surface area contributed by atoms with Gasteiger partial charge in [-0.3, -0.25) is 0 Å². The number of halogens is 3. The van der Waals surface area contributed by atoms with E-state index in [0.29, 0.717) is 30.0 Å². The first kappa shape index (κ1) is 32.5. The smallest absolute Gasteiger partial charge is 0.335 e. The van der Waals surface area contributed by atoms with Gasteiger partial charge in [0.2, 0.25) is 5.88 Å². The van der Waals surface area contributed by atoms with Crippen LogP contribution in [0, 0.1) is 28.8 Å². The number of fused-ring (bicyclic) bond motifs is 1. The quantitative estimate of drug-likeness (QED) is 0.150. The summed E-state index contributed by atoms with van der Waals surface area (Å²) in [5.41, 5.74) is 1.21. The van der Waals surface area contributed by atoms with Crippen LogP contribution < -0.4 is 9.47 Å². The van der Waals surface area contributed by atoms with Crippen molar-refractivity contribution in [1.29, 1.82) is 5.26 Å². The van der Waals surface area contributed by atoms with Gasteiger partial charge >= 0.3 is 5.97 Å². The first-order valence-electron chi connectivity index (χ1n) is 15.0. The second-order valence-electron chi connectivity index (χ2n) is 11.1. The van der Waals surface area contributed by atoms with Crippen molar-refractivity contribution < 1.29 is 42.0 Å². The molecule has 6 rings (SSSR count). The second kappa shape index (κ2) is 14.1. The standard InChI is InChI=1S/C35H29F3N4O6/c1-45-9-10-47-31-14-23(35(43)44)13-30-34(31)41-32(42(30)18-24-7-8-46-24)15-22-12-28(38)25(16-27(22)37)29-3-2-4-33(40-29)48-19-21-6-5-20(17-39)11-26(21)36/h2-6,11-14,16,24H,7-10,15,18-19H2,1H3,(H,43,44). The molecule has 1 aliphatic rings. The van der Waals surface area contributed by atoms with Crippen molar-refractivity contribution in [2.75, 3.05) is 26.9 Å². The number of nitriles is 1. The van der Waals surface area contributed by atoms with Gasteiger partial charge in [0, 0.05) is 37.3 Å². The highest BCUT2D eigenvalue weighted by Gasteiger charge is 2.25. The Hall–Kier alpha value is -5.45. The number of benzene rings is 3. The van der Waals surface area contributed by atoms with Crippen molar-refractivity contribution in [3.63, 3.8) is 0 Å². The number of carboxylic acids is 1. The van der Waals surface area contributed by atoms with E-state index in [1.165, 1.54) is 43.5 Å². The molecule has 0 spiro atoms. The Morgan fingerprint density at radius 2 is 1.83 bits per heavy atom. The Morgan fingerprint density at radius 3 is 2.54 bits per heavy atom. The molecule has 1 aliphatic heterocycles. The van der Waals surface area contributed by atoms with Crippen LogP contribution in [-0.2, 0) is 29.0 Å². The van der Waals surface area contributed by atoms with Gasteiger partial charge in [-0.15, -0.1) is 0 Å². The molecule has 246 valence electrons. The third kappa shape index (κ3) is 6.95. The van der Waals surface area contributed by atoms with E-state index in [0.717, 1.165) is 24.6 Å². The Labute approximate surface area is 272 Å². The van der Waals surface area contributed by atoms with Gasteiger partial charge < -0.3 is 28.6 Å². The first-order valence-corrected chi connectivity index (χ1v) is 15.0. The van der Waals surface area contributed by atoms with Gasteiger partial charge in [-0.1, -0.05) is 12.1 Å². The van der Waals surface area contributed by atoms with E-state index in [1.807, 2.05) is 6.07 Å². The summed E-state index contributed by atoms with van der Waals surface area (Å²) in [6.07, 6.45) is 0.521. The van der Waals surface area contributed by atoms with Gasteiger partial charge in [0.15, 0.2) is 0 Å². The lowest BCUT2D eigenvalue weighted by Crippen LogP contribution is -2.31. The summed E-state index contributed by atoms with van der Waals surface area (Å²) in [6, 6.07) is 15.4. The summed E-state index contributed by atoms with van der Waals surface area (Å²) in [6.45, 7) is 1.14. The van der Waals surface area contributed by atoms with Crippen LogP contribution in [0.25, 0.3) is 22.3 Å². The number of hydrogen-bond donors (Lipinski definition) is 1. The van der Waals surface area contributed by atoms with Crippen LogP contribution in [0.4, 0.5) is 13.2 Å². The van der Waals surface area contributed by atoms with Crippen molar-refractivity contribution in [2.45, 2.75) is 32.1 Å². The van der Waals surface area contributed by atoms with Crippen LogP contribution in [0.15, 0.2) is 60.7 Å². The van der Waals surface area contributed by atoms with Crippen LogP contribution in [-0.4, -0.2) is 58.6 Å². The minimum atomic E-state index is -1.16. The molecular weight excluding hydrogens is 629 g/mol. The molecule has 0 saturated carbocycles. The zero-order valence-electron chi connectivity index (χ0n) is 25.7. The highest BCUT2D eigenvalue weighted by Crippen LogP contribution is 2.32. The van der Waals surface area contributed by atoms with Crippen LogP contribution in [0.3, 0.4) is 0 Å². The molecule has 5 aromatic rings. The summed E-state index contributed by atoms with van der Waals surface area (Å²) < 4.78 is 69.5. The topological polar surface area (TPSA) is 129 Å². The van der Waals surface area contributed by atoms with E-state index in [2.05, 4.69) is 4.98 Å². The highest BCUT2D eigenvalue weighted by atomic mass is 19.1. The molecular formula is C35H29F3N4O6. The van der Waals surface area contributed by atoms with E-state index in [1.54, 1.807) is 10.6 Å². The van der Waals surface area contributed by atoms with Crippen molar-refractivity contribution in [3.05, 3.63) is 106 Å². The van der Waals surface area contributed by atoms with E-state index in [4.69, 9.17) is 29.2 Å². The Morgan fingerprint density at radius 1 is 1.02 bits per heavy atom. The van der Waals surface area contributed by atoms with Gasteiger partial charge in [-0.25, -0.2) is 27.9 Å². The number of pyridine rings is 1. The summed E-state index contributed by atoms with van der Waals surface area (Å²) in [5, 5.41) is 18.7. The average molecular weight is 659 g/mol. The number of rotatable bonds is 13. The molecule has 3 aromatic carbocycles. The lowest BCUT2D eigenvalue weighted by molar-refractivity contribution is -0.0589. The van der Waals surface area contributed by atoms with Crippen LogP contribution in [0.1, 0.15) is 39.3 Å². The molecule has 0 amide bonds. The molecule has 10 nitrogen and oxygen atoms in total. The minimum Gasteiger partial charge on any atom is -0.489 e. The van der Waals surface area contributed by atoms with E-state index in [9.17, 15) is 14.3 Å². The van der Waals surface area contributed by atoms with Gasteiger partial charge in [0.25, 0.3) is 0 Å². The SMILES string of the molecule is COCCOc1cc(C(=O)O)cc2c1nc(Cc1cc(F)c(-c3cccc(OCc4ccc(C#N)cc4F)n3)cc1F)n2CC1CCO1. The minimum absolute atomic E-state index is 0.0144. The number of hydrogen-bond acceptors (Lipinski definition) is 8. The normalized spacial score (nSPS) is 14.0. The van der Waals surface area contributed by atoms with Crippen molar-refractivity contribution >= 4 is 17.0 Å². The number of imidazole rings is 1. The number of nitrogens with zero attached hydrogens (tertiary/aromatic N) is 4. The number of carbonyl (C=O) groups is 1. The fourth-order valence-corrected chi connectivity index (χ4v) is 5.30. The van der Waals surface area contributed by atoms with Gasteiger partial charge in [0.1, 0.15) is 47.8 Å². The molecule has 1 unspecified atom stereocenters. The monoisotopic (exact) mass is 658 g/mol. The van der Waals surface area contributed by atoms with E-state index in [-0.39, 0.29) is 77.5 Å². The third-order valence-corrected chi connectivity index (χ3v) is 7.91. The molecule has 1 saturated heterocycles. The molecule has 0 radical (unpaired) electrons. The molecule has 3 heterocycles. The zero-order valence-corrected chi connectivity index (χ0v) is 25.7. The van der Waals surface area contributed by atoms with E-state index >= 15 is 8.78 Å². The molecule has 13 heteroatoms. The summed E-state index contributed by atoms with van der Waals surface area (Å²) in [4.78, 5) is 20.9. The maximum atomic E-state index is 15.7. The van der Waals surface area contributed by atoms with Crippen LogP contribution >= 0.6 is 0 Å². The predicted molar refractivity (Wildman–Crippen MR) is 166 cm³/mol. The van der Waals surface area contributed by atoms with Gasteiger partial charge in [-0.05, 0) is 54.4 Å². The fraction of sp³-hybridized carbons (Fsp3) is 0.257. The number of carboxylic acid groups (broad SMARTS) is 1. The number of aromatic nitrogens is 3. The van der Waals surface area contributed by atoms with Crippen LogP contribution in [0.2, 0.25) is 0 Å². The third-order valence-electron chi connectivity index (χ3n) is 7.91. The maximum Gasteiger partial charge on any atom is 0.335 e. The number of ether oxygens (including phenoxy) is 4. The molecule has 1 N–H and O–H groups in total. The Kier molecular flexibility index (Phi) is 9.56. The van der Waals surface area contributed by atoms with Crippen molar-refractivity contribution in [1.82, 2.24) is 14.5 Å². The zero-order chi connectivity index (χ0) is 33.8. The maximum absolute atomic E-state index is 15.7. The highest BCUT2D eigenvalue weighted by molar-refractivity contribution is 5.95. The Balaban J connectivity index is 1.29. The summed E-state index contributed by atoms with van der Waals surface area (Å²) >= 11 is 0. The summed E-state index contributed by atoms with van der Waals surface area (Å²) in [7, 11) is 1.51. The molecule has 0 aliphatic carbocycles. The predicted octanol–water partition coefficient (Wildman–Crippen LogP) is 6.07. The van der Waals surface area contributed by atoms with Crippen molar-refractivity contribution in [2.24, 2.45) is 0 Å². The van der Waals surface area contributed by atoms with Gasteiger partial charge in [-0.2, -0.15) is 5.26 Å². The van der Waals surface area contributed by atoms with Gasteiger partial charge in [0.05, 0.1) is 47.7 Å². The molecule has 48 heavy (non-hydrogen) atoms. The number of methoxy groups -OCH3 is 1. The fourth-order valence-electron chi connectivity index (χ4n) is 5.30. The lowest BCUT2D eigenvalue weighted by Gasteiger charge is -2.27. The lowest BCUT2D eigenvalue weighted by atomic mass is 10.0. The average Bonchev–Trinajstić information content (AvgIpc) is 3.40. The number of aromatic carboxylic acids is 1. The molecule has 1 fully saturated rings. The molecule has 2 aromatic heterocycles. The van der Waals surface area contributed by atoms with Crippen molar-refractivity contribution in [3.8, 4) is 29.0 Å². The Bertz CT molecular complexity index is 2040. The summed E-state index contributed by atoms with van der Waals surface area (Å²) in [5.74, 6) is -2.55. The first-order chi connectivity index (χ1) is 23.2.